The molecule has 2 heteroatoms. The van der Waals surface area contributed by atoms with Crippen LogP contribution in [0.1, 0.15) is 48.8 Å². The highest BCUT2D eigenvalue weighted by molar-refractivity contribution is 5.32. The largest absolute Gasteiger partial charge is 0.389 e. The molecule has 23 heavy (non-hydrogen) atoms. The second kappa shape index (κ2) is 5.77. The van der Waals surface area contributed by atoms with Crippen LogP contribution in [-0.2, 0) is 0 Å². The zero-order chi connectivity index (χ0) is 15.9. The highest BCUT2D eigenvalue weighted by Crippen LogP contribution is 2.60. The Hall–Kier alpha value is -1.64. The predicted octanol–water partition coefficient (Wildman–Crippen LogP) is 4.05. The molecule has 0 unspecified atom stereocenters. The third kappa shape index (κ3) is 2.71. The Balaban J connectivity index is 1.78. The smallest absolute Gasteiger partial charge is 0.0886 e. The molecule has 2 atom stereocenters. The quantitative estimate of drug-likeness (QED) is 0.845. The first-order valence-electron chi connectivity index (χ1n) is 8.71. The lowest BCUT2D eigenvalue weighted by molar-refractivity contribution is -0.0705. The fourth-order valence-electron chi connectivity index (χ4n) is 4.14. The van der Waals surface area contributed by atoms with Gasteiger partial charge in [-0.25, -0.2) is 0 Å². The molecule has 0 aromatic heterocycles. The Morgan fingerprint density at radius 2 is 1.17 bits per heavy atom. The summed E-state index contributed by atoms with van der Waals surface area (Å²) in [6.45, 7) is 0. The van der Waals surface area contributed by atoms with Crippen LogP contribution >= 0.6 is 0 Å². The molecule has 2 N–H and O–H groups in total. The van der Waals surface area contributed by atoms with Gasteiger partial charge in [-0.2, -0.15) is 0 Å². The van der Waals surface area contributed by atoms with Crippen molar-refractivity contribution >= 4 is 0 Å². The van der Waals surface area contributed by atoms with E-state index in [1.807, 2.05) is 60.7 Å². The zero-order valence-electron chi connectivity index (χ0n) is 13.3. The lowest BCUT2D eigenvalue weighted by Gasteiger charge is -2.40. The molecule has 2 fully saturated rings. The molecule has 0 radical (unpaired) electrons. The van der Waals surface area contributed by atoms with E-state index in [0.717, 1.165) is 36.8 Å². The summed E-state index contributed by atoms with van der Waals surface area (Å²) in [7, 11) is 0. The van der Waals surface area contributed by atoms with Gasteiger partial charge in [0.25, 0.3) is 0 Å². The van der Waals surface area contributed by atoms with E-state index < -0.39 is 11.7 Å². The van der Waals surface area contributed by atoms with Crippen molar-refractivity contribution in [3.63, 3.8) is 0 Å². The van der Waals surface area contributed by atoms with Gasteiger partial charge in [-0.05, 0) is 48.6 Å². The summed E-state index contributed by atoms with van der Waals surface area (Å²) in [5, 5.41) is 22.8. The summed E-state index contributed by atoms with van der Waals surface area (Å²) in [6, 6.07) is 19.9. The number of aliphatic hydroxyl groups is 2. The molecule has 2 aliphatic rings. The van der Waals surface area contributed by atoms with Crippen molar-refractivity contribution in [2.24, 2.45) is 11.8 Å². The van der Waals surface area contributed by atoms with Crippen molar-refractivity contribution in [3.05, 3.63) is 71.8 Å². The molecule has 0 spiro atoms. The SMILES string of the molecule is O[C@H](c1ccccc1)[C@@H](c1ccccc1)C(O)(C1CC1)C1CC1. The van der Waals surface area contributed by atoms with Gasteiger partial charge >= 0.3 is 0 Å². The van der Waals surface area contributed by atoms with E-state index in [1.165, 1.54) is 0 Å². The van der Waals surface area contributed by atoms with Crippen LogP contribution in [0.2, 0.25) is 0 Å². The highest BCUT2D eigenvalue weighted by atomic mass is 16.3. The number of rotatable bonds is 6. The Labute approximate surface area is 137 Å². The van der Waals surface area contributed by atoms with Crippen molar-refractivity contribution in [2.45, 2.75) is 43.3 Å². The molecule has 2 nitrogen and oxygen atoms in total. The molecule has 0 heterocycles. The van der Waals surface area contributed by atoms with Crippen LogP contribution in [0.25, 0.3) is 0 Å². The predicted molar refractivity (Wildman–Crippen MR) is 91.0 cm³/mol. The fraction of sp³-hybridized carbons (Fsp3) is 0.429. The minimum atomic E-state index is -0.781. The number of hydrogen-bond acceptors (Lipinski definition) is 2. The molecule has 2 aromatic carbocycles. The van der Waals surface area contributed by atoms with Gasteiger partial charge in [0.05, 0.1) is 11.7 Å². The van der Waals surface area contributed by atoms with E-state index in [1.54, 1.807) is 0 Å². The van der Waals surface area contributed by atoms with Crippen molar-refractivity contribution < 1.29 is 10.2 Å². The Kier molecular flexibility index (Phi) is 3.74. The van der Waals surface area contributed by atoms with E-state index in [-0.39, 0.29) is 5.92 Å². The molecule has 0 saturated heterocycles. The second-order valence-electron chi connectivity index (χ2n) is 7.18. The lowest BCUT2D eigenvalue weighted by atomic mass is 9.71. The molecule has 4 rings (SSSR count). The maximum absolute atomic E-state index is 11.7. The summed E-state index contributed by atoms with van der Waals surface area (Å²) in [5.74, 6) is 0.406. The molecule has 0 aliphatic heterocycles. The van der Waals surface area contributed by atoms with E-state index in [4.69, 9.17) is 0 Å². The van der Waals surface area contributed by atoms with Crippen LogP contribution in [-0.4, -0.2) is 15.8 Å². The maximum Gasteiger partial charge on any atom is 0.0886 e. The van der Waals surface area contributed by atoms with E-state index >= 15 is 0 Å². The number of benzene rings is 2. The number of aliphatic hydroxyl groups excluding tert-OH is 1. The molecule has 0 bridgehead atoms. The van der Waals surface area contributed by atoms with Crippen molar-refractivity contribution in [3.8, 4) is 0 Å². The minimum absolute atomic E-state index is 0.258. The zero-order valence-corrected chi connectivity index (χ0v) is 13.3. The van der Waals surface area contributed by atoms with Crippen molar-refractivity contribution in [2.75, 3.05) is 0 Å². The van der Waals surface area contributed by atoms with E-state index in [9.17, 15) is 10.2 Å². The normalized spacial score (nSPS) is 21.0. The maximum atomic E-state index is 11.7. The minimum Gasteiger partial charge on any atom is -0.389 e. The lowest BCUT2D eigenvalue weighted by Crippen LogP contribution is -2.44. The van der Waals surface area contributed by atoms with E-state index in [2.05, 4.69) is 0 Å². The van der Waals surface area contributed by atoms with Gasteiger partial charge in [0.15, 0.2) is 0 Å². The molecule has 2 saturated carbocycles. The van der Waals surface area contributed by atoms with Gasteiger partial charge in [0.1, 0.15) is 0 Å². The van der Waals surface area contributed by atoms with Crippen LogP contribution in [0.15, 0.2) is 60.7 Å². The Bertz CT molecular complexity index is 632. The molecule has 2 aromatic rings. The van der Waals surface area contributed by atoms with Crippen LogP contribution in [0.5, 0.6) is 0 Å². The van der Waals surface area contributed by atoms with Crippen LogP contribution in [0.4, 0.5) is 0 Å². The first kappa shape index (κ1) is 14.9. The standard InChI is InChI=1S/C21H24O2/c22-20(16-9-5-2-6-10-16)19(15-7-3-1-4-8-15)21(23,17-11-12-17)18-13-14-18/h1-10,17-20,22-23H,11-14H2/t19-,20-/m1/s1. The highest BCUT2D eigenvalue weighted by Gasteiger charge is 2.59. The van der Waals surface area contributed by atoms with E-state index in [0.29, 0.717) is 11.8 Å². The summed E-state index contributed by atoms with van der Waals surface area (Å²) < 4.78 is 0. The summed E-state index contributed by atoms with van der Waals surface area (Å²) in [4.78, 5) is 0. The van der Waals surface area contributed by atoms with Gasteiger partial charge < -0.3 is 10.2 Å². The van der Waals surface area contributed by atoms with Crippen LogP contribution in [0, 0.1) is 11.8 Å². The van der Waals surface area contributed by atoms with Gasteiger partial charge in [0, 0.05) is 5.92 Å². The third-order valence-corrected chi connectivity index (χ3v) is 5.58. The number of hydrogen-bond donors (Lipinski definition) is 2. The van der Waals surface area contributed by atoms with Crippen LogP contribution in [0.3, 0.4) is 0 Å². The molecule has 120 valence electrons. The second-order valence-corrected chi connectivity index (χ2v) is 7.18. The summed E-state index contributed by atoms with van der Waals surface area (Å²) in [6.07, 6.45) is 3.65. The van der Waals surface area contributed by atoms with Crippen LogP contribution < -0.4 is 0 Å². The Morgan fingerprint density at radius 1 is 0.739 bits per heavy atom. The summed E-state index contributed by atoms with van der Waals surface area (Å²) >= 11 is 0. The average molecular weight is 308 g/mol. The Morgan fingerprint density at radius 3 is 1.61 bits per heavy atom. The van der Waals surface area contributed by atoms with Gasteiger partial charge in [-0.15, -0.1) is 0 Å². The molecule has 0 amide bonds. The van der Waals surface area contributed by atoms with Crippen molar-refractivity contribution in [1.29, 1.82) is 0 Å². The van der Waals surface area contributed by atoms with Gasteiger partial charge in [-0.3, -0.25) is 0 Å². The monoisotopic (exact) mass is 308 g/mol. The molecule has 2 aliphatic carbocycles. The average Bonchev–Trinajstić information content (AvgIpc) is 3.49. The van der Waals surface area contributed by atoms with Gasteiger partial charge in [-0.1, -0.05) is 60.7 Å². The molecular weight excluding hydrogens is 284 g/mol. The van der Waals surface area contributed by atoms with Gasteiger partial charge in [0.2, 0.25) is 0 Å². The first-order chi connectivity index (χ1) is 11.2. The fourth-order valence-corrected chi connectivity index (χ4v) is 4.14. The topological polar surface area (TPSA) is 40.5 Å². The summed E-state index contributed by atoms with van der Waals surface area (Å²) in [5.41, 5.74) is 1.16. The molecular formula is C21H24O2. The third-order valence-electron chi connectivity index (χ3n) is 5.58. The van der Waals surface area contributed by atoms with Crippen molar-refractivity contribution in [1.82, 2.24) is 0 Å². The first-order valence-corrected chi connectivity index (χ1v) is 8.71.